The number of nitrogens with zero attached hydrogens (tertiary/aromatic N) is 5. The van der Waals surface area contributed by atoms with Gasteiger partial charge in [0, 0.05) is 24.0 Å². The van der Waals surface area contributed by atoms with Crippen LogP contribution in [0, 0.1) is 5.92 Å². The number of aromatic nitrogens is 4. The zero-order valence-corrected chi connectivity index (χ0v) is 12.5. The van der Waals surface area contributed by atoms with E-state index in [1.165, 1.54) is 4.80 Å². The normalized spacial score (nSPS) is 22.5. The van der Waals surface area contributed by atoms with Gasteiger partial charge in [0.2, 0.25) is 11.7 Å². The predicted molar refractivity (Wildman–Crippen MR) is 77.5 cm³/mol. The molecule has 1 fully saturated rings. The van der Waals surface area contributed by atoms with Gasteiger partial charge in [-0.25, -0.2) is 0 Å². The summed E-state index contributed by atoms with van der Waals surface area (Å²) in [4.78, 5) is 15.3. The highest BCUT2D eigenvalue weighted by Crippen LogP contribution is 2.18. The molecular formula is C13H17N5O2S. The van der Waals surface area contributed by atoms with Crippen molar-refractivity contribution >= 4 is 17.2 Å². The number of piperidine rings is 1. The fourth-order valence-electron chi connectivity index (χ4n) is 2.40. The van der Waals surface area contributed by atoms with E-state index in [2.05, 4.69) is 15.4 Å². The number of carbonyl (C=O) groups is 1. The summed E-state index contributed by atoms with van der Waals surface area (Å²) in [7, 11) is 0. The zero-order chi connectivity index (χ0) is 14.8. The van der Waals surface area contributed by atoms with Gasteiger partial charge >= 0.3 is 0 Å². The number of carbonyl (C=O) groups excluding carboxylic acids is 1. The minimum Gasteiger partial charge on any atom is -0.393 e. The van der Waals surface area contributed by atoms with Crippen LogP contribution in [0.5, 0.6) is 0 Å². The van der Waals surface area contributed by atoms with E-state index < -0.39 is 0 Å². The van der Waals surface area contributed by atoms with Gasteiger partial charge in [-0.3, -0.25) is 4.79 Å². The van der Waals surface area contributed by atoms with Crippen LogP contribution >= 0.6 is 11.3 Å². The molecule has 2 aromatic rings. The molecule has 1 N–H and O–H groups in total. The first kappa shape index (κ1) is 14.2. The molecule has 1 saturated heterocycles. The summed E-state index contributed by atoms with van der Waals surface area (Å²) in [6.45, 7) is 3.19. The van der Waals surface area contributed by atoms with Crippen LogP contribution in [-0.2, 0) is 11.3 Å². The van der Waals surface area contributed by atoms with Gasteiger partial charge in [-0.2, -0.15) is 16.1 Å². The van der Waals surface area contributed by atoms with E-state index in [4.69, 9.17) is 0 Å². The molecule has 0 aliphatic carbocycles. The fourth-order valence-corrected chi connectivity index (χ4v) is 3.03. The molecule has 1 aliphatic heterocycles. The van der Waals surface area contributed by atoms with Crippen LogP contribution in [0.2, 0.25) is 0 Å². The molecule has 112 valence electrons. The quantitative estimate of drug-likeness (QED) is 0.899. The summed E-state index contributed by atoms with van der Waals surface area (Å²) in [5.41, 5.74) is 0.911. The lowest BCUT2D eigenvalue weighted by Crippen LogP contribution is -2.46. The van der Waals surface area contributed by atoms with Crippen LogP contribution in [0.3, 0.4) is 0 Å². The summed E-state index contributed by atoms with van der Waals surface area (Å²) in [5.74, 6) is 0.599. The summed E-state index contributed by atoms with van der Waals surface area (Å²) < 4.78 is 0. The predicted octanol–water partition coefficient (Wildman–Crippen LogP) is 0.631. The Labute approximate surface area is 126 Å². The van der Waals surface area contributed by atoms with Crippen molar-refractivity contribution in [1.29, 1.82) is 0 Å². The van der Waals surface area contributed by atoms with Crippen LogP contribution in [0.1, 0.15) is 13.3 Å². The number of hydrogen-bond donors (Lipinski definition) is 1. The number of aliphatic hydroxyl groups excluding tert-OH is 1. The van der Waals surface area contributed by atoms with E-state index in [0.29, 0.717) is 25.3 Å². The van der Waals surface area contributed by atoms with Crippen molar-refractivity contribution in [2.75, 3.05) is 13.1 Å². The minimum atomic E-state index is -0.316. The van der Waals surface area contributed by atoms with Gasteiger partial charge in [0.25, 0.3) is 0 Å². The SMILES string of the molecule is CC1CN(C(=O)Cn2nnc(-c3ccsc3)n2)CCC1O. The van der Waals surface area contributed by atoms with Gasteiger partial charge in [-0.05, 0) is 29.0 Å². The molecule has 2 unspecified atom stereocenters. The molecule has 7 nitrogen and oxygen atoms in total. The van der Waals surface area contributed by atoms with Gasteiger partial charge in [-0.15, -0.1) is 10.2 Å². The summed E-state index contributed by atoms with van der Waals surface area (Å²) >= 11 is 1.56. The molecule has 0 aromatic carbocycles. The summed E-state index contributed by atoms with van der Waals surface area (Å²) in [5, 5.41) is 25.7. The molecule has 3 rings (SSSR count). The maximum atomic E-state index is 12.2. The highest BCUT2D eigenvalue weighted by Gasteiger charge is 2.27. The van der Waals surface area contributed by atoms with Gasteiger partial charge in [0.05, 0.1) is 6.10 Å². The number of rotatable bonds is 3. The molecule has 2 aromatic heterocycles. The Morgan fingerprint density at radius 3 is 3.14 bits per heavy atom. The van der Waals surface area contributed by atoms with Crippen molar-refractivity contribution < 1.29 is 9.90 Å². The lowest BCUT2D eigenvalue weighted by Gasteiger charge is -2.34. The van der Waals surface area contributed by atoms with Gasteiger partial charge in [0.15, 0.2) is 0 Å². The Morgan fingerprint density at radius 2 is 2.43 bits per heavy atom. The monoisotopic (exact) mass is 307 g/mol. The van der Waals surface area contributed by atoms with E-state index in [1.807, 2.05) is 23.8 Å². The van der Waals surface area contributed by atoms with E-state index in [-0.39, 0.29) is 24.5 Å². The van der Waals surface area contributed by atoms with Crippen molar-refractivity contribution in [3.63, 3.8) is 0 Å². The number of amides is 1. The number of tetrazole rings is 1. The molecule has 2 atom stereocenters. The Hall–Kier alpha value is -1.80. The van der Waals surface area contributed by atoms with Crippen molar-refractivity contribution in [2.45, 2.75) is 26.0 Å². The molecule has 0 bridgehead atoms. The van der Waals surface area contributed by atoms with Crippen LogP contribution in [0.4, 0.5) is 0 Å². The largest absolute Gasteiger partial charge is 0.393 e. The van der Waals surface area contributed by atoms with Gasteiger partial charge in [-0.1, -0.05) is 6.92 Å². The highest BCUT2D eigenvalue weighted by atomic mass is 32.1. The molecule has 0 spiro atoms. The number of aliphatic hydroxyl groups is 1. The Balaban J connectivity index is 1.63. The van der Waals surface area contributed by atoms with Gasteiger partial charge in [0.1, 0.15) is 6.54 Å². The van der Waals surface area contributed by atoms with Crippen LogP contribution < -0.4 is 0 Å². The Kier molecular flexibility index (Phi) is 3.98. The number of thiophene rings is 1. The summed E-state index contributed by atoms with van der Waals surface area (Å²) in [6.07, 6.45) is 0.307. The second-order valence-electron chi connectivity index (χ2n) is 5.33. The third-order valence-corrected chi connectivity index (χ3v) is 4.40. The average molecular weight is 307 g/mol. The smallest absolute Gasteiger partial charge is 0.246 e. The average Bonchev–Trinajstić information content (AvgIpc) is 3.12. The first-order valence-electron chi connectivity index (χ1n) is 6.89. The second kappa shape index (κ2) is 5.90. The number of likely N-dealkylation sites (tertiary alicyclic amines) is 1. The maximum Gasteiger partial charge on any atom is 0.246 e. The first-order chi connectivity index (χ1) is 10.1. The van der Waals surface area contributed by atoms with E-state index in [1.54, 1.807) is 16.2 Å². The molecule has 8 heteroatoms. The van der Waals surface area contributed by atoms with Crippen molar-refractivity contribution in [3.8, 4) is 11.4 Å². The van der Waals surface area contributed by atoms with E-state index in [0.717, 1.165) is 5.56 Å². The lowest BCUT2D eigenvalue weighted by molar-refractivity contribution is -0.135. The lowest BCUT2D eigenvalue weighted by atomic mass is 9.97. The highest BCUT2D eigenvalue weighted by molar-refractivity contribution is 7.08. The molecule has 3 heterocycles. The third kappa shape index (κ3) is 3.11. The Bertz CT molecular complexity index is 612. The van der Waals surface area contributed by atoms with Crippen LogP contribution in [0.15, 0.2) is 16.8 Å². The molecule has 0 radical (unpaired) electrons. The molecule has 0 saturated carbocycles. The van der Waals surface area contributed by atoms with Crippen molar-refractivity contribution in [2.24, 2.45) is 5.92 Å². The van der Waals surface area contributed by atoms with Gasteiger partial charge < -0.3 is 10.0 Å². The Morgan fingerprint density at radius 1 is 1.57 bits per heavy atom. The summed E-state index contributed by atoms with van der Waals surface area (Å²) in [6, 6.07) is 1.92. The fraction of sp³-hybridized carbons (Fsp3) is 0.538. The molecule has 1 amide bonds. The van der Waals surface area contributed by atoms with E-state index >= 15 is 0 Å². The zero-order valence-electron chi connectivity index (χ0n) is 11.7. The van der Waals surface area contributed by atoms with Crippen LogP contribution in [-0.4, -0.2) is 55.3 Å². The molecule has 1 aliphatic rings. The van der Waals surface area contributed by atoms with E-state index in [9.17, 15) is 9.90 Å². The second-order valence-corrected chi connectivity index (χ2v) is 6.11. The standard InChI is InChI=1S/C13H17N5O2S/c1-9-6-17(4-2-11(9)19)12(20)7-18-15-13(14-16-18)10-3-5-21-8-10/h3,5,8-9,11,19H,2,4,6-7H2,1H3. The minimum absolute atomic E-state index is 0.0389. The first-order valence-corrected chi connectivity index (χ1v) is 7.84. The molecule has 21 heavy (non-hydrogen) atoms. The molecular weight excluding hydrogens is 290 g/mol. The third-order valence-electron chi connectivity index (χ3n) is 3.72. The van der Waals surface area contributed by atoms with Crippen molar-refractivity contribution in [1.82, 2.24) is 25.1 Å². The van der Waals surface area contributed by atoms with Crippen LogP contribution in [0.25, 0.3) is 11.4 Å². The maximum absolute atomic E-state index is 12.2. The van der Waals surface area contributed by atoms with Crippen molar-refractivity contribution in [3.05, 3.63) is 16.8 Å². The number of hydrogen-bond acceptors (Lipinski definition) is 6. The topological polar surface area (TPSA) is 84.1 Å².